The van der Waals surface area contributed by atoms with E-state index in [2.05, 4.69) is 18.4 Å². The highest BCUT2D eigenvalue weighted by Gasteiger charge is 2.53. The summed E-state index contributed by atoms with van der Waals surface area (Å²) in [6.45, 7) is 14.5. The van der Waals surface area contributed by atoms with Gasteiger partial charge in [-0.15, -0.1) is 0 Å². The zero-order valence-electron chi connectivity index (χ0n) is 46.2. The second-order valence-corrected chi connectivity index (χ2v) is 23.5. The van der Waals surface area contributed by atoms with E-state index in [4.69, 9.17) is 37.5 Å². The van der Waals surface area contributed by atoms with Crippen LogP contribution in [0.1, 0.15) is 126 Å². The number of nitrogens with zero attached hydrogens (tertiary/aromatic N) is 1. The SMILES string of the molecule is CO[C@H]1C[C@@H]2CC[C@@H](C)[C@@](O)(O2)C(=O)C(=O)N2CCC[C@H]2C(=O)O[C@H]([C@H](C)C[C@@H]2CC[C@@H](OC(=O)C(C)(COP)COPP)[C@H](OC)C2)CC(=O)C(C)=CC(C)[C@@H](O)[C@@H](OC)C(=O)[C@H](C)C[C@H](C)C=CC=CC=C1C. The van der Waals surface area contributed by atoms with E-state index in [1.54, 1.807) is 48.0 Å². The number of amides is 1. The van der Waals surface area contributed by atoms with Crippen molar-refractivity contribution in [3.05, 3.63) is 47.6 Å². The Morgan fingerprint density at radius 1 is 0.933 bits per heavy atom. The molecule has 75 heavy (non-hydrogen) atoms. The number of ketones is 3. The van der Waals surface area contributed by atoms with E-state index in [-0.39, 0.29) is 70.1 Å². The van der Waals surface area contributed by atoms with Crippen LogP contribution < -0.4 is 0 Å². The van der Waals surface area contributed by atoms with Gasteiger partial charge in [0.05, 0.1) is 37.6 Å². The summed E-state index contributed by atoms with van der Waals surface area (Å²) in [5, 5.41) is 23.5. The summed E-state index contributed by atoms with van der Waals surface area (Å²) in [5.74, 6) is -8.86. The van der Waals surface area contributed by atoms with Crippen molar-refractivity contribution in [2.75, 3.05) is 41.1 Å². The molecule has 20 heteroatoms. The van der Waals surface area contributed by atoms with Gasteiger partial charge in [0, 0.05) is 76.4 Å². The van der Waals surface area contributed by atoms with Gasteiger partial charge in [-0.05, 0) is 107 Å². The summed E-state index contributed by atoms with van der Waals surface area (Å²) in [4.78, 5) is 85.7. The average molecular weight is 1110 g/mol. The molecule has 3 fully saturated rings. The Kier molecular flexibility index (Phi) is 26.5. The molecule has 1 saturated carbocycles. The van der Waals surface area contributed by atoms with E-state index in [9.17, 15) is 39.0 Å². The lowest BCUT2D eigenvalue weighted by molar-refractivity contribution is -0.265. The van der Waals surface area contributed by atoms with E-state index >= 15 is 0 Å². The lowest BCUT2D eigenvalue weighted by Crippen LogP contribution is -2.59. The zero-order chi connectivity index (χ0) is 55.8. The number of hydrogen-bond acceptors (Lipinski definition) is 16. The van der Waals surface area contributed by atoms with Crippen LogP contribution in [0, 0.1) is 40.9 Å². The molecule has 4 rings (SSSR count). The van der Waals surface area contributed by atoms with Gasteiger partial charge in [-0.1, -0.05) is 80.0 Å². The summed E-state index contributed by atoms with van der Waals surface area (Å²) in [6.07, 6.45) is 9.75. The summed E-state index contributed by atoms with van der Waals surface area (Å²) in [7, 11) is 9.25. The van der Waals surface area contributed by atoms with Crippen LogP contribution in [-0.2, 0) is 66.2 Å². The number of esters is 2. The van der Waals surface area contributed by atoms with Crippen molar-refractivity contribution in [1.82, 2.24) is 4.90 Å². The minimum atomic E-state index is -2.46. The smallest absolute Gasteiger partial charge is 0.329 e. The van der Waals surface area contributed by atoms with Crippen LogP contribution in [0.2, 0.25) is 0 Å². The summed E-state index contributed by atoms with van der Waals surface area (Å²) in [6, 6.07) is -1.18. The van der Waals surface area contributed by atoms with Crippen molar-refractivity contribution >= 4 is 62.1 Å². The Bertz CT molecular complexity index is 2070. The van der Waals surface area contributed by atoms with Crippen LogP contribution in [0.3, 0.4) is 0 Å². The number of cyclic esters (lactones) is 1. The Morgan fingerprint density at radius 3 is 2.31 bits per heavy atom. The molecule has 0 aromatic heterocycles. The number of rotatable bonds is 13. The van der Waals surface area contributed by atoms with Gasteiger partial charge < -0.3 is 52.6 Å². The molecule has 0 aromatic rings. The average Bonchev–Trinajstić information content (AvgIpc) is 3.88. The van der Waals surface area contributed by atoms with Crippen LogP contribution >= 0.6 is 26.9 Å². The molecule has 17 nitrogen and oxygen atoms in total. The first-order valence-electron chi connectivity index (χ1n) is 26.6. The first-order chi connectivity index (χ1) is 35.5. The van der Waals surface area contributed by atoms with Gasteiger partial charge in [-0.25, -0.2) is 4.79 Å². The molecule has 2 saturated heterocycles. The molecule has 5 unspecified atom stereocenters. The second kappa shape index (κ2) is 30.6. The second-order valence-electron chi connectivity index (χ2n) is 21.9. The Morgan fingerprint density at radius 2 is 1.65 bits per heavy atom. The van der Waals surface area contributed by atoms with E-state index in [0.717, 1.165) is 10.5 Å². The third kappa shape index (κ3) is 17.7. The first kappa shape index (κ1) is 64.9. The van der Waals surface area contributed by atoms with Crippen LogP contribution in [0.25, 0.3) is 0 Å². The molecule has 1 aliphatic carbocycles. The fourth-order valence-corrected chi connectivity index (χ4v) is 11.9. The zero-order valence-corrected chi connectivity index (χ0v) is 49.5. The third-order valence-electron chi connectivity index (χ3n) is 15.8. The van der Waals surface area contributed by atoms with E-state index in [0.29, 0.717) is 57.8 Å². The number of Topliss-reactive ketones (excluding diaryl/α,β-unsaturated/α-hetero) is 3. The van der Waals surface area contributed by atoms with Crippen LogP contribution in [-0.4, -0.2) is 146 Å². The molecule has 0 spiro atoms. The van der Waals surface area contributed by atoms with E-state index < -0.39 is 107 Å². The molecule has 0 aromatic carbocycles. The van der Waals surface area contributed by atoms with Gasteiger partial charge in [0.2, 0.25) is 5.79 Å². The van der Waals surface area contributed by atoms with Crippen molar-refractivity contribution in [3.63, 3.8) is 0 Å². The monoisotopic (exact) mass is 1110 g/mol. The van der Waals surface area contributed by atoms with Gasteiger partial charge in [0.25, 0.3) is 11.7 Å². The number of aliphatic hydroxyl groups excluding tert-OH is 1. The van der Waals surface area contributed by atoms with Crippen LogP contribution in [0.15, 0.2) is 47.6 Å². The Balaban J connectivity index is 1.67. The number of allylic oxidation sites excluding steroid dienone is 6. The molecule has 2 bridgehead atoms. The maximum atomic E-state index is 14.5. The fourth-order valence-electron chi connectivity index (χ4n) is 10.9. The van der Waals surface area contributed by atoms with E-state index in [1.165, 1.54) is 7.11 Å². The molecule has 0 radical (unpaired) electrons. The van der Waals surface area contributed by atoms with Crippen molar-refractivity contribution in [2.45, 2.75) is 181 Å². The number of methoxy groups -OCH3 is 3. The largest absolute Gasteiger partial charge is 0.460 e. The summed E-state index contributed by atoms with van der Waals surface area (Å²) >= 11 is 0. The fraction of sp³-hybridized carbons (Fsp3) is 0.745. The Hall–Kier alpha value is -2.65. The highest BCUT2D eigenvalue weighted by molar-refractivity contribution is 8.00. The molecule has 4 aliphatic rings. The molecular formula is C55H88NO16P3. The topological polar surface area (TPSA) is 220 Å². The van der Waals surface area contributed by atoms with Crippen molar-refractivity contribution < 1.29 is 76.4 Å². The molecule has 19 atom stereocenters. The number of ether oxygens (including phenoxy) is 6. The molecular weight excluding hydrogens is 1020 g/mol. The van der Waals surface area contributed by atoms with E-state index in [1.807, 2.05) is 58.1 Å². The first-order valence-corrected chi connectivity index (χ1v) is 29.8. The highest BCUT2D eigenvalue weighted by atomic mass is 32.0. The predicted molar refractivity (Wildman–Crippen MR) is 292 cm³/mol. The molecule has 3 heterocycles. The maximum Gasteiger partial charge on any atom is 0.329 e. The van der Waals surface area contributed by atoms with Gasteiger partial charge in [0.15, 0.2) is 11.6 Å². The van der Waals surface area contributed by atoms with Crippen molar-refractivity contribution in [3.8, 4) is 0 Å². The van der Waals surface area contributed by atoms with Crippen molar-refractivity contribution in [1.29, 1.82) is 0 Å². The minimum Gasteiger partial charge on any atom is -0.460 e. The number of carbonyl (C=O) groups is 6. The normalized spacial score (nSPS) is 35.2. The summed E-state index contributed by atoms with van der Waals surface area (Å²) < 4.78 is 46.7. The van der Waals surface area contributed by atoms with Gasteiger partial charge >= 0.3 is 11.9 Å². The quantitative estimate of drug-likeness (QED) is 0.103. The predicted octanol–water partition coefficient (Wildman–Crippen LogP) is 7.55. The maximum absolute atomic E-state index is 14.5. The standard InChI is InChI=1S/C55H88NO16P3/c1-32-16-13-12-14-17-33(2)44(65-9)28-40-21-19-38(7)55(64,72-40)50(60)51(61)56-23-15-18-41(56)52(62)70-45(29-42(57)34(3)25-37(6)48(59)49(67-11)47(58)36(5)24-32)35(4)26-39-20-22-43(46(27-39)66-10)71-53(63)54(8,30-68-73)31-69-75-74/h12-14,16-17,25,32,35-41,43-46,48-49,59,64,75H,15,18-24,26-31,73-74H2,1-11H3/t32-,35-,36-,37?,38-,39+,40+,41+,43-,44+,45+,46-,48-,49+,54?,55-/m1/s1. The van der Waals surface area contributed by atoms with Gasteiger partial charge in [-0.2, -0.15) is 0 Å². The minimum absolute atomic E-state index is 0.00232. The van der Waals surface area contributed by atoms with Crippen LogP contribution in [0.5, 0.6) is 0 Å². The Labute approximate surface area is 452 Å². The van der Waals surface area contributed by atoms with Gasteiger partial charge in [0.1, 0.15) is 29.8 Å². The summed E-state index contributed by atoms with van der Waals surface area (Å²) in [5.41, 5.74) is 0.0969. The molecule has 1 amide bonds. The molecule has 2 N–H and O–H groups in total. The lowest BCUT2D eigenvalue weighted by atomic mass is 9.78. The molecule has 3 aliphatic heterocycles. The molecule has 424 valence electrons. The van der Waals surface area contributed by atoms with Gasteiger partial charge in [-0.3, -0.25) is 24.0 Å². The lowest BCUT2D eigenvalue weighted by Gasteiger charge is -2.41. The number of aliphatic hydroxyl groups is 2. The van der Waals surface area contributed by atoms with Crippen LogP contribution in [0.4, 0.5) is 0 Å². The number of carbonyl (C=O) groups excluding carboxylic acids is 6. The highest BCUT2D eigenvalue weighted by Crippen LogP contribution is 2.39. The van der Waals surface area contributed by atoms with Crippen molar-refractivity contribution in [2.24, 2.45) is 40.9 Å². The third-order valence-corrected chi connectivity index (χ3v) is 16.8. The number of fused-ring (bicyclic) bond motifs is 3. The number of hydrogen-bond donors (Lipinski definition) is 2.